The van der Waals surface area contributed by atoms with E-state index >= 15 is 0 Å². The van der Waals surface area contributed by atoms with Gasteiger partial charge in [-0.2, -0.15) is 0 Å². The largest absolute Gasteiger partial charge is 0.359 e. The minimum atomic E-state index is 0.536. The lowest BCUT2D eigenvalue weighted by Crippen LogP contribution is -2.43. The minimum absolute atomic E-state index is 0.536. The van der Waals surface area contributed by atoms with Crippen LogP contribution in [0.5, 0.6) is 0 Å². The summed E-state index contributed by atoms with van der Waals surface area (Å²) in [5.74, 6) is 5.96. The quantitative estimate of drug-likeness (QED) is 0.307. The minimum Gasteiger partial charge on any atom is -0.359 e. The highest BCUT2D eigenvalue weighted by Gasteiger charge is 2.21. The fraction of sp³-hybridized carbons (Fsp3) is 0.857. The van der Waals surface area contributed by atoms with Crippen molar-refractivity contribution in [3.63, 3.8) is 0 Å². The van der Waals surface area contributed by atoms with E-state index < -0.39 is 0 Å². The van der Waals surface area contributed by atoms with Crippen LogP contribution in [0.3, 0.4) is 0 Å². The molecule has 0 heterocycles. The Labute approximate surface area is 72.7 Å². The number of hydrazine groups is 1. The molecule has 4 N–H and O–H groups in total. The van der Waals surface area contributed by atoms with Crippen molar-refractivity contribution in [2.45, 2.75) is 32.2 Å². The molecular weight excluding hydrogens is 158 g/mol. The van der Waals surface area contributed by atoms with Gasteiger partial charge in [0.1, 0.15) is 0 Å². The van der Waals surface area contributed by atoms with Gasteiger partial charge in [0.25, 0.3) is 0 Å². The molecule has 0 aliphatic heterocycles. The Hall–Kier alpha value is -0.350. The topological polar surface area (TPSA) is 50.1 Å². The molecule has 0 spiro atoms. The highest BCUT2D eigenvalue weighted by atomic mass is 32.1. The Balaban J connectivity index is 2.23. The van der Waals surface area contributed by atoms with Gasteiger partial charge in [0.15, 0.2) is 5.11 Å². The average Bonchev–Trinajstić information content (AvgIpc) is 2.35. The maximum absolute atomic E-state index is 5.13. The highest BCUT2D eigenvalue weighted by molar-refractivity contribution is 7.80. The van der Waals surface area contributed by atoms with E-state index in [1.165, 1.54) is 19.3 Å². The molecule has 2 atom stereocenters. The number of hydrogen-bond donors (Lipinski definition) is 3. The van der Waals surface area contributed by atoms with Gasteiger partial charge in [0.2, 0.25) is 0 Å². The summed E-state index contributed by atoms with van der Waals surface area (Å²) in [5.41, 5.74) is 2.43. The molecule has 4 heteroatoms. The molecule has 0 saturated heterocycles. The number of nitrogens with one attached hydrogen (secondary N) is 2. The Bertz CT molecular complexity index is 149. The van der Waals surface area contributed by atoms with Crippen molar-refractivity contribution < 1.29 is 0 Å². The molecule has 0 aromatic heterocycles. The van der Waals surface area contributed by atoms with E-state index in [1.54, 1.807) is 0 Å². The fourth-order valence-corrected chi connectivity index (χ4v) is 1.73. The molecule has 0 aromatic carbocycles. The molecule has 1 saturated carbocycles. The SMILES string of the molecule is CC1CCC(NC(=S)NN)C1. The van der Waals surface area contributed by atoms with Gasteiger partial charge in [0, 0.05) is 6.04 Å². The molecule has 64 valence electrons. The van der Waals surface area contributed by atoms with Gasteiger partial charge in [0.05, 0.1) is 0 Å². The van der Waals surface area contributed by atoms with Gasteiger partial charge in [-0.3, -0.25) is 0 Å². The summed E-state index contributed by atoms with van der Waals surface area (Å²) in [5, 5.41) is 3.71. The van der Waals surface area contributed by atoms with Crippen molar-refractivity contribution in [1.29, 1.82) is 0 Å². The van der Waals surface area contributed by atoms with Crippen molar-refractivity contribution in [3.8, 4) is 0 Å². The second-order valence-electron chi connectivity index (χ2n) is 3.23. The predicted molar refractivity (Wildman–Crippen MR) is 49.9 cm³/mol. The third-order valence-corrected chi connectivity index (χ3v) is 2.40. The molecule has 0 radical (unpaired) electrons. The molecule has 0 aromatic rings. The number of rotatable bonds is 1. The van der Waals surface area contributed by atoms with E-state index in [2.05, 4.69) is 17.7 Å². The van der Waals surface area contributed by atoms with Crippen LogP contribution in [0.25, 0.3) is 0 Å². The molecule has 1 aliphatic rings. The zero-order chi connectivity index (χ0) is 8.27. The van der Waals surface area contributed by atoms with Gasteiger partial charge >= 0.3 is 0 Å². The first-order chi connectivity index (χ1) is 5.22. The van der Waals surface area contributed by atoms with Gasteiger partial charge in [-0.05, 0) is 37.4 Å². The molecule has 0 amide bonds. The Morgan fingerprint density at radius 3 is 2.73 bits per heavy atom. The lowest BCUT2D eigenvalue weighted by molar-refractivity contribution is 0.568. The van der Waals surface area contributed by atoms with Crippen LogP contribution in [-0.2, 0) is 0 Å². The van der Waals surface area contributed by atoms with Crippen LogP contribution in [0.15, 0.2) is 0 Å². The van der Waals surface area contributed by atoms with Crippen LogP contribution in [0.4, 0.5) is 0 Å². The summed E-state index contributed by atoms with van der Waals surface area (Å²) >= 11 is 4.88. The zero-order valence-electron chi connectivity index (χ0n) is 6.76. The Morgan fingerprint density at radius 1 is 1.55 bits per heavy atom. The van der Waals surface area contributed by atoms with Crippen LogP contribution in [-0.4, -0.2) is 11.2 Å². The predicted octanol–water partition coefficient (Wildman–Crippen LogP) is 0.513. The number of hydrogen-bond acceptors (Lipinski definition) is 2. The smallest absolute Gasteiger partial charge is 0.180 e. The monoisotopic (exact) mass is 173 g/mol. The third-order valence-electron chi connectivity index (χ3n) is 2.16. The lowest BCUT2D eigenvalue weighted by atomic mass is 10.1. The standard InChI is InChI=1S/C7H15N3S/c1-5-2-3-6(4-5)9-7(11)10-8/h5-6H,2-4,8H2,1H3,(H2,9,10,11). The van der Waals surface area contributed by atoms with E-state index in [-0.39, 0.29) is 0 Å². The van der Waals surface area contributed by atoms with Crippen LogP contribution in [0.2, 0.25) is 0 Å². The first-order valence-corrected chi connectivity index (χ1v) is 4.40. The maximum Gasteiger partial charge on any atom is 0.180 e. The van der Waals surface area contributed by atoms with Crippen LogP contribution < -0.4 is 16.6 Å². The zero-order valence-corrected chi connectivity index (χ0v) is 7.58. The molecule has 1 aliphatic carbocycles. The molecular formula is C7H15N3S. The van der Waals surface area contributed by atoms with E-state index in [0.717, 1.165) is 5.92 Å². The molecule has 2 unspecified atom stereocenters. The summed E-state index contributed by atoms with van der Waals surface area (Å²) in [4.78, 5) is 0. The van der Waals surface area contributed by atoms with Crippen molar-refractivity contribution in [1.82, 2.24) is 10.7 Å². The van der Waals surface area contributed by atoms with Crippen LogP contribution >= 0.6 is 12.2 Å². The number of thiocarbonyl (C=S) groups is 1. The van der Waals surface area contributed by atoms with Crippen molar-refractivity contribution in [2.75, 3.05) is 0 Å². The van der Waals surface area contributed by atoms with Crippen LogP contribution in [0, 0.1) is 5.92 Å². The first kappa shape index (κ1) is 8.74. The Kier molecular flexibility index (Phi) is 3.08. The van der Waals surface area contributed by atoms with E-state index in [0.29, 0.717) is 11.2 Å². The molecule has 3 nitrogen and oxygen atoms in total. The van der Waals surface area contributed by atoms with Crippen molar-refractivity contribution >= 4 is 17.3 Å². The van der Waals surface area contributed by atoms with E-state index in [9.17, 15) is 0 Å². The molecule has 11 heavy (non-hydrogen) atoms. The molecule has 1 rings (SSSR count). The fourth-order valence-electron chi connectivity index (χ4n) is 1.57. The van der Waals surface area contributed by atoms with E-state index in [1.807, 2.05) is 0 Å². The second kappa shape index (κ2) is 3.88. The highest BCUT2D eigenvalue weighted by Crippen LogP contribution is 2.24. The summed E-state index contributed by atoms with van der Waals surface area (Å²) < 4.78 is 0. The molecule has 1 fully saturated rings. The normalized spacial score (nSPS) is 30.0. The van der Waals surface area contributed by atoms with Crippen molar-refractivity contribution in [2.24, 2.45) is 11.8 Å². The summed E-state index contributed by atoms with van der Waals surface area (Å²) in [7, 11) is 0. The first-order valence-electron chi connectivity index (χ1n) is 3.99. The van der Waals surface area contributed by atoms with Gasteiger partial charge in [-0.25, -0.2) is 5.84 Å². The van der Waals surface area contributed by atoms with Gasteiger partial charge < -0.3 is 10.7 Å². The summed E-state index contributed by atoms with van der Waals surface area (Å²) in [6.45, 7) is 2.26. The van der Waals surface area contributed by atoms with Crippen molar-refractivity contribution in [3.05, 3.63) is 0 Å². The maximum atomic E-state index is 5.13. The van der Waals surface area contributed by atoms with Crippen LogP contribution in [0.1, 0.15) is 26.2 Å². The summed E-state index contributed by atoms with van der Waals surface area (Å²) in [6.07, 6.45) is 3.72. The van der Waals surface area contributed by atoms with E-state index in [4.69, 9.17) is 18.1 Å². The number of nitrogens with two attached hydrogens (primary N) is 1. The third kappa shape index (κ3) is 2.63. The lowest BCUT2D eigenvalue weighted by Gasteiger charge is -2.13. The average molecular weight is 173 g/mol. The summed E-state index contributed by atoms with van der Waals surface area (Å²) in [6, 6.07) is 0.536. The Morgan fingerprint density at radius 2 is 2.27 bits per heavy atom. The van der Waals surface area contributed by atoms with Gasteiger partial charge in [-0.15, -0.1) is 0 Å². The molecule has 0 bridgehead atoms. The second-order valence-corrected chi connectivity index (χ2v) is 3.64. The van der Waals surface area contributed by atoms with Gasteiger partial charge in [-0.1, -0.05) is 6.92 Å².